The van der Waals surface area contributed by atoms with Crippen molar-refractivity contribution in [1.82, 2.24) is 5.32 Å². The Morgan fingerprint density at radius 1 is 1.21 bits per heavy atom. The van der Waals surface area contributed by atoms with Gasteiger partial charge in [-0.05, 0) is 30.2 Å². The van der Waals surface area contributed by atoms with Crippen molar-refractivity contribution < 1.29 is 23.4 Å². The number of carbonyl (C=O) groups is 1. The Bertz CT molecular complexity index is 731. The van der Waals surface area contributed by atoms with Crippen molar-refractivity contribution in [3.8, 4) is 5.75 Å². The summed E-state index contributed by atoms with van der Waals surface area (Å²) < 4.78 is 32.8. The fourth-order valence-corrected chi connectivity index (χ4v) is 2.77. The van der Waals surface area contributed by atoms with Gasteiger partial charge in [-0.1, -0.05) is 24.3 Å². The number of benzene rings is 2. The molecule has 2 N–H and O–H groups in total. The van der Waals surface area contributed by atoms with Crippen LogP contribution in [-0.4, -0.2) is 24.2 Å². The topological polar surface area (TPSA) is 58.6 Å². The summed E-state index contributed by atoms with van der Waals surface area (Å²) in [5.41, 5.74) is 0.493. The van der Waals surface area contributed by atoms with Crippen molar-refractivity contribution in [3.63, 3.8) is 0 Å². The first-order chi connectivity index (χ1) is 11.6. The molecule has 0 aliphatic carbocycles. The summed E-state index contributed by atoms with van der Waals surface area (Å²) in [6.45, 7) is -0.0398. The molecule has 1 heterocycles. The number of halogens is 2. The van der Waals surface area contributed by atoms with E-state index in [1.165, 1.54) is 6.07 Å². The predicted molar refractivity (Wildman–Crippen MR) is 83.5 cm³/mol. The van der Waals surface area contributed by atoms with Gasteiger partial charge in [0, 0.05) is 6.54 Å². The van der Waals surface area contributed by atoms with E-state index in [4.69, 9.17) is 4.74 Å². The summed E-state index contributed by atoms with van der Waals surface area (Å²) in [6.07, 6.45) is -0.932. The normalized spacial score (nSPS) is 17.5. The molecule has 0 bridgehead atoms. The number of nitrogens with one attached hydrogen (secondary N) is 1. The van der Waals surface area contributed by atoms with Gasteiger partial charge in [0.25, 0.3) is 0 Å². The zero-order chi connectivity index (χ0) is 17.1. The molecule has 1 aliphatic rings. The molecular weight excluding hydrogens is 316 g/mol. The lowest BCUT2D eigenvalue weighted by atomic mass is 9.96. The fraction of sp³-hybridized carbons (Fsp3) is 0.278. The Balaban J connectivity index is 1.60. The van der Waals surface area contributed by atoms with E-state index >= 15 is 0 Å². The minimum atomic E-state index is -1.45. The molecule has 4 nitrogen and oxygen atoms in total. The molecule has 2 aromatic carbocycles. The number of carbonyl (C=O) groups excluding carboxylic acids is 1. The summed E-state index contributed by atoms with van der Waals surface area (Å²) in [5.74, 6) is -1.65. The van der Waals surface area contributed by atoms with Crippen LogP contribution in [0.5, 0.6) is 5.75 Å². The zero-order valence-corrected chi connectivity index (χ0v) is 12.8. The molecule has 0 spiro atoms. The maximum Gasteiger partial charge on any atom is 0.226 e. The quantitative estimate of drug-likeness (QED) is 0.903. The summed E-state index contributed by atoms with van der Waals surface area (Å²) in [6, 6.07) is 10.8. The van der Waals surface area contributed by atoms with Crippen LogP contribution in [0, 0.1) is 17.6 Å². The molecule has 0 aromatic heterocycles. The van der Waals surface area contributed by atoms with Gasteiger partial charge < -0.3 is 15.2 Å². The van der Waals surface area contributed by atoms with Gasteiger partial charge in [0.15, 0.2) is 0 Å². The summed E-state index contributed by atoms with van der Waals surface area (Å²) in [5, 5.41) is 12.5. The predicted octanol–water partition coefficient (Wildman–Crippen LogP) is 2.37. The van der Waals surface area contributed by atoms with Crippen molar-refractivity contribution in [2.24, 2.45) is 5.92 Å². The maximum atomic E-state index is 13.6. The molecule has 0 saturated carbocycles. The number of hydrogen-bond donors (Lipinski definition) is 2. The Hall–Kier alpha value is -2.47. The number of aliphatic hydroxyl groups is 1. The molecule has 0 radical (unpaired) electrons. The molecular formula is C18H17F2NO3. The van der Waals surface area contributed by atoms with Crippen LogP contribution in [0.2, 0.25) is 0 Å². The summed E-state index contributed by atoms with van der Waals surface area (Å²) in [7, 11) is 0. The second-order valence-electron chi connectivity index (χ2n) is 5.72. The zero-order valence-electron chi connectivity index (χ0n) is 12.8. The van der Waals surface area contributed by atoms with Gasteiger partial charge in [0.1, 0.15) is 30.1 Å². The number of amides is 1. The van der Waals surface area contributed by atoms with Gasteiger partial charge in [-0.15, -0.1) is 0 Å². The molecule has 2 aromatic rings. The van der Waals surface area contributed by atoms with Crippen LogP contribution < -0.4 is 10.1 Å². The van der Waals surface area contributed by atoms with E-state index in [9.17, 15) is 18.7 Å². The van der Waals surface area contributed by atoms with E-state index in [1.807, 2.05) is 24.3 Å². The van der Waals surface area contributed by atoms with E-state index in [2.05, 4.69) is 5.32 Å². The summed E-state index contributed by atoms with van der Waals surface area (Å²) >= 11 is 0. The number of aliphatic hydroxyl groups excluding tert-OH is 1. The van der Waals surface area contributed by atoms with Gasteiger partial charge in [-0.3, -0.25) is 4.79 Å². The minimum Gasteiger partial charge on any atom is -0.492 e. The van der Waals surface area contributed by atoms with Gasteiger partial charge in [-0.25, -0.2) is 8.78 Å². The van der Waals surface area contributed by atoms with Gasteiger partial charge in [0.2, 0.25) is 5.91 Å². The average molecular weight is 333 g/mol. The van der Waals surface area contributed by atoms with Crippen molar-refractivity contribution >= 4 is 5.91 Å². The van der Waals surface area contributed by atoms with E-state index in [1.54, 1.807) is 0 Å². The molecule has 24 heavy (non-hydrogen) atoms. The number of rotatable bonds is 4. The smallest absolute Gasteiger partial charge is 0.226 e. The number of ether oxygens (including phenoxy) is 1. The van der Waals surface area contributed by atoms with Crippen molar-refractivity contribution in [3.05, 3.63) is 65.2 Å². The lowest BCUT2D eigenvalue weighted by molar-refractivity contribution is -0.126. The van der Waals surface area contributed by atoms with Crippen LogP contribution in [0.15, 0.2) is 42.5 Å². The first kappa shape index (κ1) is 16.4. The number of fused-ring (bicyclic) bond motifs is 1. The highest BCUT2D eigenvalue weighted by molar-refractivity contribution is 5.79. The molecule has 0 saturated heterocycles. The Morgan fingerprint density at radius 3 is 2.67 bits per heavy atom. The van der Waals surface area contributed by atoms with Crippen LogP contribution in [-0.2, 0) is 11.2 Å². The standard InChI is InChI=1S/C18H17F2NO3/c19-13-5-3-6-14(20)17(13)15(22)9-21-18(23)12-8-11-4-1-2-7-16(11)24-10-12/h1-7,12,15,22H,8-10H2,(H,21,23). The Labute approximate surface area is 138 Å². The third-order valence-corrected chi connectivity index (χ3v) is 4.05. The fourth-order valence-electron chi connectivity index (χ4n) is 2.77. The van der Waals surface area contributed by atoms with E-state index in [-0.39, 0.29) is 19.1 Å². The first-order valence-electron chi connectivity index (χ1n) is 7.66. The van der Waals surface area contributed by atoms with Gasteiger partial charge in [-0.2, -0.15) is 0 Å². The molecule has 1 amide bonds. The molecule has 2 unspecified atom stereocenters. The highest BCUT2D eigenvalue weighted by atomic mass is 19.1. The number of para-hydroxylation sites is 1. The highest BCUT2D eigenvalue weighted by Crippen LogP contribution is 2.27. The maximum absolute atomic E-state index is 13.6. The van der Waals surface area contributed by atoms with Gasteiger partial charge >= 0.3 is 0 Å². The SMILES string of the molecule is O=C(NCC(O)c1c(F)cccc1F)C1COc2ccccc2C1. The largest absolute Gasteiger partial charge is 0.492 e. The third-order valence-electron chi connectivity index (χ3n) is 4.05. The number of hydrogen-bond acceptors (Lipinski definition) is 3. The molecule has 6 heteroatoms. The second kappa shape index (κ2) is 6.97. The van der Waals surface area contributed by atoms with Crippen LogP contribution in [0.4, 0.5) is 8.78 Å². The molecule has 2 atom stereocenters. The molecule has 1 aliphatic heterocycles. The van der Waals surface area contributed by atoms with Gasteiger partial charge in [0.05, 0.1) is 11.5 Å². The van der Waals surface area contributed by atoms with E-state index in [0.29, 0.717) is 6.42 Å². The van der Waals surface area contributed by atoms with Crippen LogP contribution >= 0.6 is 0 Å². The molecule has 0 fully saturated rings. The third kappa shape index (κ3) is 3.38. The lowest BCUT2D eigenvalue weighted by Crippen LogP contribution is -2.39. The van der Waals surface area contributed by atoms with E-state index in [0.717, 1.165) is 23.4 Å². The highest BCUT2D eigenvalue weighted by Gasteiger charge is 2.26. The lowest BCUT2D eigenvalue weighted by Gasteiger charge is -2.25. The monoisotopic (exact) mass is 333 g/mol. The second-order valence-corrected chi connectivity index (χ2v) is 5.72. The van der Waals surface area contributed by atoms with Crippen molar-refractivity contribution in [2.45, 2.75) is 12.5 Å². The van der Waals surface area contributed by atoms with Crippen molar-refractivity contribution in [2.75, 3.05) is 13.2 Å². The van der Waals surface area contributed by atoms with E-state index < -0.39 is 29.2 Å². The Kier molecular flexibility index (Phi) is 4.76. The Morgan fingerprint density at radius 2 is 1.92 bits per heavy atom. The first-order valence-corrected chi connectivity index (χ1v) is 7.66. The summed E-state index contributed by atoms with van der Waals surface area (Å²) in [4.78, 5) is 12.2. The van der Waals surface area contributed by atoms with Crippen LogP contribution in [0.3, 0.4) is 0 Å². The minimum absolute atomic E-state index is 0.229. The van der Waals surface area contributed by atoms with Crippen LogP contribution in [0.1, 0.15) is 17.2 Å². The molecule has 126 valence electrons. The molecule has 3 rings (SSSR count). The van der Waals surface area contributed by atoms with Crippen molar-refractivity contribution in [1.29, 1.82) is 0 Å². The van der Waals surface area contributed by atoms with Crippen LogP contribution in [0.25, 0.3) is 0 Å². The average Bonchev–Trinajstić information content (AvgIpc) is 2.59.